The molecule has 0 saturated carbocycles. The van der Waals surface area contributed by atoms with Crippen molar-refractivity contribution in [3.05, 3.63) is 40.6 Å². The van der Waals surface area contributed by atoms with Gasteiger partial charge in [0.25, 0.3) is 5.91 Å². The Morgan fingerprint density at radius 1 is 1.42 bits per heavy atom. The van der Waals surface area contributed by atoms with Crippen LogP contribution in [0, 0.1) is 6.92 Å². The number of aliphatic hydroxyl groups is 1. The van der Waals surface area contributed by atoms with E-state index in [2.05, 4.69) is 10.4 Å². The number of nitrogens with two attached hydrogens (primary N) is 1. The lowest BCUT2D eigenvalue weighted by Crippen LogP contribution is -2.28. The van der Waals surface area contributed by atoms with E-state index in [-0.39, 0.29) is 11.8 Å². The summed E-state index contributed by atoms with van der Waals surface area (Å²) in [6, 6.07) is 6.00. The van der Waals surface area contributed by atoms with E-state index in [1.165, 1.54) is 4.68 Å². The van der Waals surface area contributed by atoms with Gasteiger partial charge in [0.05, 0.1) is 17.7 Å². The van der Waals surface area contributed by atoms with Gasteiger partial charge in [-0.05, 0) is 43.7 Å². The second-order valence-electron chi connectivity index (χ2n) is 6.71. The van der Waals surface area contributed by atoms with Crippen LogP contribution in [-0.2, 0) is 6.42 Å². The van der Waals surface area contributed by atoms with Gasteiger partial charge in [0.15, 0.2) is 0 Å². The van der Waals surface area contributed by atoms with Crippen molar-refractivity contribution in [3.8, 4) is 0 Å². The molecule has 2 atom stereocenters. The van der Waals surface area contributed by atoms with Gasteiger partial charge < -0.3 is 16.2 Å². The smallest absolute Gasteiger partial charge is 0.256 e. The zero-order valence-corrected chi connectivity index (χ0v) is 13.7. The summed E-state index contributed by atoms with van der Waals surface area (Å²) in [7, 11) is 0. The lowest BCUT2D eigenvalue weighted by Gasteiger charge is -2.27. The summed E-state index contributed by atoms with van der Waals surface area (Å²) >= 11 is 0. The largest absolute Gasteiger partial charge is 0.387 e. The van der Waals surface area contributed by atoms with Crippen molar-refractivity contribution >= 4 is 17.4 Å². The van der Waals surface area contributed by atoms with E-state index in [4.69, 9.17) is 5.73 Å². The van der Waals surface area contributed by atoms with E-state index >= 15 is 0 Å². The normalized spacial score (nSPS) is 22.4. The fourth-order valence-corrected chi connectivity index (χ4v) is 3.91. The third kappa shape index (κ3) is 2.21. The minimum atomic E-state index is -0.618. The Kier molecular flexibility index (Phi) is 3.57. The van der Waals surface area contributed by atoms with Crippen LogP contribution in [0.4, 0.5) is 11.5 Å². The topological polar surface area (TPSA) is 93.2 Å². The highest BCUT2D eigenvalue weighted by Gasteiger charge is 2.33. The maximum absolute atomic E-state index is 13.1. The number of anilines is 2. The molecule has 1 aromatic heterocycles. The predicted octanol–water partition coefficient (Wildman–Crippen LogP) is 2.38. The molecule has 24 heavy (non-hydrogen) atoms. The molecule has 1 aliphatic heterocycles. The number of aromatic nitrogens is 2. The van der Waals surface area contributed by atoms with Crippen molar-refractivity contribution in [1.29, 1.82) is 0 Å². The quantitative estimate of drug-likeness (QED) is 0.748. The number of hydrogen-bond acceptors (Lipinski definition) is 5. The van der Waals surface area contributed by atoms with Crippen LogP contribution in [0.25, 0.3) is 0 Å². The Hall–Kier alpha value is -2.34. The second-order valence-corrected chi connectivity index (χ2v) is 6.71. The summed E-state index contributed by atoms with van der Waals surface area (Å²) in [4.78, 5) is 13.1. The highest BCUT2D eigenvalue weighted by Crippen LogP contribution is 2.37. The van der Waals surface area contributed by atoms with Gasteiger partial charge in [-0.1, -0.05) is 18.2 Å². The van der Waals surface area contributed by atoms with Crippen molar-refractivity contribution in [2.75, 3.05) is 17.6 Å². The molecule has 2 heterocycles. The summed E-state index contributed by atoms with van der Waals surface area (Å²) < 4.78 is 1.32. The SMILES string of the molecule is Cc1cccc2c1NCC[C@@H]2C(=O)n1nc2c(c1N)CCCC2O. The van der Waals surface area contributed by atoms with Crippen LogP contribution in [0.1, 0.15) is 58.5 Å². The van der Waals surface area contributed by atoms with Gasteiger partial charge >= 0.3 is 0 Å². The van der Waals surface area contributed by atoms with Gasteiger partial charge in [-0.25, -0.2) is 0 Å². The molecule has 6 nitrogen and oxygen atoms in total. The van der Waals surface area contributed by atoms with E-state index in [1.54, 1.807) is 0 Å². The first-order valence-electron chi connectivity index (χ1n) is 8.51. The summed E-state index contributed by atoms with van der Waals surface area (Å²) in [5.41, 5.74) is 10.8. The van der Waals surface area contributed by atoms with Gasteiger partial charge in [0, 0.05) is 17.8 Å². The van der Waals surface area contributed by atoms with Crippen LogP contribution in [0.3, 0.4) is 0 Å². The molecule has 1 unspecified atom stereocenters. The Morgan fingerprint density at radius 2 is 2.25 bits per heavy atom. The van der Waals surface area contributed by atoms with Crippen molar-refractivity contribution in [1.82, 2.24) is 9.78 Å². The van der Waals surface area contributed by atoms with E-state index in [0.717, 1.165) is 41.8 Å². The van der Waals surface area contributed by atoms with Crippen LogP contribution in [0.15, 0.2) is 18.2 Å². The fraction of sp³-hybridized carbons (Fsp3) is 0.444. The van der Waals surface area contributed by atoms with E-state index < -0.39 is 6.10 Å². The summed E-state index contributed by atoms with van der Waals surface area (Å²) in [6.45, 7) is 2.79. The number of hydrogen-bond donors (Lipinski definition) is 3. The number of nitrogens with zero attached hydrogens (tertiary/aromatic N) is 2. The molecule has 1 aliphatic carbocycles. The molecule has 0 amide bonds. The summed E-state index contributed by atoms with van der Waals surface area (Å²) in [5, 5.41) is 17.9. The van der Waals surface area contributed by atoms with Gasteiger partial charge in [0.1, 0.15) is 5.82 Å². The Labute approximate surface area is 140 Å². The van der Waals surface area contributed by atoms with Crippen LogP contribution >= 0.6 is 0 Å². The summed E-state index contributed by atoms with van der Waals surface area (Å²) in [5.74, 6) is 0.0193. The number of para-hydroxylation sites is 1. The number of carbonyl (C=O) groups excluding carboxylic acids is 1. The number of aliphatic hydroxyl groups excluding tert-OH is 1. The predicted molar refractivity (Wildman–Crippen MR) is 92.2 cm³/mol. The van der Waals surface area contributed by atoms with E-state index in [9.17, 15) is 9.90 Å². The third-order valence-corrected chi connectivity index (χ3v) is 5.20. The molecule has 2 aliphatic rings. The van der Waals surface area contributed by atoms with Gasteiger partial charge in [-0.3, -0.25) is 4.79 Å². The molecule has 4 rings (SSSR count). The number of fused-ring (bicyclic) bond motifs is 2. The molecule has 0 spiro atoms. The molecule has 1 aromatic carbocycles. The fourth-order valence-electron chi connectivity index (χ4n) is 3.91. The van der Waals surface area contributed by atoms with E-state index in [1.807, 2.05) is 25.1 Å². The first-order chi connectivity index (χ1) is 11.6. The minimum absolute atomic E-state index is 0.109. The minimum Gasteiger partial charge on any atom is -0.387 e. The highest BCUT2D eigenvalue weighted by molar-refractivity contribution is 5.90. The average Bonchev–Trinajstić information content (AvgIpc) is 2.93. The first-order valence-corrected chi connectivity index (χ1v) is 8.51. The van der Waals surface area contributed by atoms with Crippen molar-refractivity contribution < 1.29 is 9.90 Å². The highest BCUT2D eigenvalue weighted by atomic mass is 16.3. The summed E-state index contributed by atoms with van der Waals surface area (Å²) in [6.07, 6.45) is 2.41. The lowest BCUT2D eigenvalue weighted by molar-refractivity contribution is 0.0856. The molecular weight excluding hydrogens is 304 g/mol. The maximum atomic E-state index is 13.1. The number of aryl methyl sites for hydroxylation is 1. The monoisotopic (exact) mass is 326 g/mol. The molecule has 0 fully saturated rings. The molecule has 126 valence electrons. The average molecular weight is 326 g/mol. The number of nitrogen functional groups attached to an aromatic ring is 1. The molecule has 0 radical (unpaired) electrons. The van der Waals surface area contributed by atoms with E-state index in [0.29, 0.717) is 24.4 Å². The zero-order valence-electron chi connectivity index (χ0n) is 13.7. The number of nitrogens with one attached hydrogen (secondary N) is 1. The van der Waals surface area contributed by atoms with Crippen LogP contribution in [-0.4, -0.2) is 27.3 Å². The molecular formula is C18H22N4O2. The van der Waals surface area contributed by atoms with Gasteiger partial charge in [-0.2, -0.15) is 9.78 Å². The molecule has 2 aromatic rings. The number of benzene rings is 1. The van der Waals surface area contributed by atoms with Gasteiger partial charge in [0.2, 0.25) is 0 Å². The Morgan fingerprint density at radius 3 is 3.04 bits per heavy atom. The molecule has 0 saturated heterocycles. The first kappa shape index (κ1) is 15.2. The van der Waals surface area contributed by atoms with Crippen LogP contribution in [0.5, 0.6) is 0 Å². The molecule has 0 bridgehead atoms. The Balaban J connectivity index is 1.75. The van der Waals surface area contributed by atoms with Crippen molar-refractivity contribution in [2.24, 2.45) is 0 Å². The zero-order chi connectivity index (χ0) is 16.8. The maximum Gasteiger partial charge on any atom is 0.256 e. The number of carbonyl (C=O) groups is 1. The Bertz CT molecular complexity index is 812. The second kappa shape index (κ2) is 5.63. The van der Waals surface area contributed by atoms with Crippen LogP contribution in [0.2, 0.25) is 0 Å². The molecule has 4 N–H and O–H groups in total. The third-order valence-electron chi connectivity index (χ3n) is 5.20. The van der Waals surface area contributed by atoms with Crippen molar-refractivity contribution in [2.45, 2.75) is 44.6 Å². The molecule has 6 heteroatoms. The standard InChI is InChI=1S/C18H22N4O2/c1-10-4-2-5-11-12(8-9-20-15(10)11)18(24)22-17(19)13-6-3-7-14(23)16(13)21-22/h2,4-5,12,14,20,23H,3,6-9,19H2,1H3/t12-,14?/m0/s1. The van der Waals surface area contributed by atoms with Crippen LogP contribution < -0.4 is 11.1 Å². The lowest BCUT2D eigenvalue weighted by atomic mass is 9.88. The van der Waals surface area contributed by atoms with Crippen molar-refractivity contribution in [3.63, 3.8) is 0 Å². The van der Waals surface area contributed by atoms with Gasteiger partial charge in [-0.15, -0.1) is 0 Å². The number of rotatable bonds is 1.